The van der Waals surface area contributed by atoms with Gasteiger partial charge in [-0.05, 0) is 35.9 Å². The van der Waals surface area contributed by atoms with Crippen molar-refractivity contribution in [2.24, 2.45) is 0 Å². The van der Waals surface area contributed by atoms with Crippen LogP contribution in [-0.4, -0.2) is 64.5 Å². The highest BCUT2D eigenvalue weighted by molar-refractivity contribution is 6.10. The molecule has 168 valence electrons. The lowest BCUT2D eigenvalue weighted by Gasteiger charge is -2.26. The van der Waals surface area contributed by atoms with Crippen molar-refractivity contribution in [2.75, 3.05) is 59.0 Å². The van der Waals surface area contributed by atoms with Crippen LogP contribution in [0.15, 0.2) is 48.0 Å². The van der Waals surface area contributed by atoms with Crippen LogP contribution >= 0.6 is 0 Å². The highest BCUT2D eigenvalue weighted by atomic mass is 16.5. The van der Waals surface area contributed by atoms with Gasteiger partial charge >= 0.3 is 0 Å². The summed E-state index contributed by atoms with van der Waals surface area (Å²) in [6.45, 7) is 4.62. The number of carbonyl (C=O) groups is 1. The van der Waals surface area contributed by atoms with E-state index in [1.54, 1.807) is 49.6 Å². The fraction of sp³-hybridized carbons (Fsp3) is 0.333. The summed E-state index contributed by atoms with van der Waals surface area (Å²) in [5, 5.41) is 12.2. The van der Waals surface area contributed by atoms with Gasteiger partial charge in [-0.15, -0.1) is 0 Å². The van der Waals surface area contributed by atoms with E-state index in [0.29, 0.717) is 35.1 Å². The van der Waals surface area contributed by atoms with Crippen molar-refractivity contribution >= 4 is 17.7 Å². The van der Waals surface area contributed by atoms with Crippen molar-refractivity contribution in [3.8, 4) is 23.3 Å². The number of rotatable bonds is 9. The first kappa shape index (κ1) is 23.1. The monoisotopic (exact) mass is 437 g/mol. The first-order valence-corrected chi connectivity index (χ1v) is 10.3. The quantitative estimate of drug-likeness (QED) is 0.476. The van der Waals surface area contributed by atoms with Gasteiger partial charge < -0.3 is 24.3 Å². The first-order chi connectivity index (χ1) is 15.6. The van der Waals surface area contributed by atoms with Crippen LogP contribution in [0.2, 0.25) is 0 Å². The third-order valence-corrected chi connectivity index (χ3v) is 4.99. The number of nitrogens with one attached hydrogen (secondary N) is 1. The molecule has 0 atom stereocenters. The molecule has 1 heterocycles. The zero-order chi connectivity index (χ0) is 22.8. The van der Waals surface area contributed by atoms with Crippen LogP contribution in [0, 0.1) is 11.3 Å². The number of hydrogen-bond acceptors (Lipinski definition) is 7. The number of carbonyl (C=O) groups excluding carboxylic acids is 1. The summed E-state index contributed by atoms with van der Waals surface area (Å²) in [5.41, 5.74) is 1.09. The SMILES string of the molecule is COc1ccccc1NC(=O)/C(C#N)=C/c1ccc(OCCN2CCOCC2)c(OC)c1. The minimum Gasteiger partial charge on any atom is -0.495 e. The van der Waals surface area contributed by atoms with Crippen molar-refractivity contribution in [2.45, 2.75) is 0 Å². The molecule has 2 aromatic carbocycles. The number of benzene rings is 2. The summed E-state index contributed by atoms with van der Waals surface area (Å²) in [4.78, 5) is 14.9. The molecule has 1 N–H and O–H groups in total. The van der Waals surface area contributed by atoms with E-state index in [-0.39, 0.29) is 5.57 Å². The number of morpholine rings is 1. The number of methoxy groups -OCH3 is 2. The maximum atomic E-state index is 12.6. The standard InChI is InChI=1S/C24H27N3O5/c1-29-21-6-4-3-5-20(21)26-24(28)19(17-25)15-18-7-8-22(23(16-18)30-2)32-14-11-27-9-12-31-13-10-27/h3-8,15-16H,9-14H2,1-2H3,(H,26,28)/b19-15+. The third-order valence-electron chi connectivity index (χ3n) is 4.99. The lowest BCUT2D eigenvalue weighted by Crippen LogP contribution is -2.38. The Morgan fingerprint density at radius 3 is 2.59 bits per heavy atom. The van der Waals surface area contributed by atoms with E-state index >= 15 is 0 Å². The van der Waals surface area contributed by atoms with Gasteiger partial charge in [0.1, 0.15) is 24.0 Å². The number of anilines is 1. The minimum absolute atomic E-state index is 0.0426. The molecule has 1 fully saturated rings. The average Bonchev–Trinajstić information content (AvgIpc) is 2.84. The second-order valence-corrected chi connectivity index (χ2v) is 7.04. The molecule has 1 saturated heterocycles. The second-order valence-electron chi connectivity index (χ2n) is 7.04. The van der Waals surface area contributed by atoms with E-state index < -0.39 is 5.91 Å². The Bertz CT molecular complexity index is 993. The first-order valence-electron chi connectivity index (χ1n) is 10.3. The Morgan fingerprint density at radius 1 is 1.12 bits per heavy atom. The van der Waals surface area contributed by atoms with Crippen molar-refractivity contribution < 1.29 is 23.7 Å². The van der Waals surface area contributed by atoms with Gasteiger partial charge in [0.05, 0.1) is 33.1 Å². The Hall–Kier alpha value is -3.54. The number of hydrogen-bond donors (Lipinski definition) is 1. The lowest BCUT2D eigenvalue weighted by molar-refractivity contribution is -0.112. The van der Waals surface area contributed by atoms with Gasteiger partial charge in [-0.3, -0.25) is 9.69 Å². The Balaban J connectivity index is 1.67. The molecule has 1 amide bonds. The van der Waals surface area contributed by atoms with Crippen molar-refractivity contribution in [3.05, 3.63) is 53.6 Å². The highest BCUT2D eigenvalue weighted by Gasteiger charge is 2.14. The van der Waals surface area contributed by atoms with Crippen LogP contribution in [-0.2, 0) is 9.53 Å². The highest BCUT2D eigenvalue weighted by Crippen LogP contribution is 2.29. The summed E-state index contributed by atoms with van der Waals surface area (Å²) < 4.78 is 21.9. The second kappa shape index (κ2) is 11.7. The van der Waals surface area contributed by atoms with Crippen molar-refractivity contribution in [1.82, 2.24) is 4.90 Å². The van der Waals surface area contributed by atoms with E-state index in [1.807, 2.05) is 6.07 Å². The molecule has 0 spiro atoms. The van der Waals surface area contributed by atoms with Crippen LogP contribution in [0.3, 0.4) is 0 Å². The Kier molecular flexibility index (Phi) is 8.49. The molecule has 0 radical (unpaired) electrons. The number of amides is 1. The molecule has 2 aromatic rings. The smallest absolute Gasteiger partial charge is 0.266 e. The normalized spacial score (nSPS) is 14.3. The third kappa shape index (κ3) is 6.23. The fourth-order valence-corrected chi connectivity index (χ4v) is 3.26. The number of ether oxygens (including phenoxy) is 4. The topological polar surface area (TPSA) is 93.0 Å². The maximum Gasteiger partial charge on any atom is 0.266 e. The van der Waals surface area contributed by atoms with E-state index in [4.69, 9.17) is 18.9 Å². The zero-order valence-electron chi connectivity index (χ0n) is 18.3. The molecule has 0 aliphatic carbocycles. The molecular weight excluding hydrogens is 410 g/mol. The molecule has 1 aliphatic heterocycles. The van der Waals surface area contributed by atoms with Gasteiger partial charge in [-0.25, -0.2) is 0 Å². The molecular formula is C24H27N3O5. The predicted octanol–water partition coefficient (Wildman–Crippen LogP) is 2.96. The largest absolute Gasteiger partial charge is 0.495 e. The van der Waals surface area contributed by atoms with Crippen LogP contribution in [0.5, 0.6) is 17.2 Å². The molecule has 8 nitrogen and oxygen atoms in total. The molecule has 32 heavy (non-hydrogen) atoms. The summed E-state index contributed by atoms with van der Waals surface area (Å²) in [5.74, 6) is 1.12. The van der Waals surface area contributed by atoms with Crippen molar-refractivity contribution in [3.63, 3.8) is 0 Å². The van der Waals surface area contributed by atoms with Gasteiger partial charge in [0.25, 0.3) is 5.91 Å². The van der Waals surface area contributed by atoms with Crippen LogP contribution < -0.4 is 19.5 Å². The van der Waals surface area contributed by atoms with Gasteiger partial charge in [-0.2, -0.15) is 5.26 Å². The zero-order valence-corrected chi connectivity index (χ0v) is 18.3. The summed E-state index contributed by atoms with van der Waals surface area (Å²) in [6.07, 6.45) is 1.50. The van der Waals surface area contributed by atoms with E-state index in [1.165, 1.54) is 13.2 Å². The van der Waals surface area contributed by atoms with Gasteiger partial charge in [-0.1, -0.05) is 18.2 Å². The molecule has 0 unspecified atom stereocenters. The van der Waals surface area contributed by atoms with E-state index in [0.717, 1.165) is 32.8 Å². The molecule has 0 aromatic heterocycles. The molecule has 8 heteroatoms. The van der Waals surface area contributed by atoms with Gasteiger partial charge in [0.15, 0.2) is 11.5 Å². The Labute approximate surface area is 187 Å². The van der Waals surface area contributed by atoms with Gasteiger partial charge in [0.2, 0.25) is 0 Å². The van der Waals surface area contributed by atoms with Crippen LogP contribution in [0.1, 0.15) is 5.56 Å². The van der Waals surface area contributed by atoms with E-state index in [9.17, 15) is 10.1 Å². The molecule has 3 rings (SSSR count). The van der Waals surface area contributed by atoms with E-state index in [2.05, 4.69) is 10.2 Å². The summed E-state index contributed by atoms with van der Waals surface area (Å²) >= 11 is 0. The summed E-state index contributed by atoms with van der Waals surface area (Å²) in [6, 6.07) is 14.2. The average molecular weight is 437 g/mol. The lowest BCUT2D eigenvalue weighted by atomic mass is 10.1. The molecule has 0 bridgehead atoms. The number of nitriles is 1. The molecule has 1 aliphatic rings. The summed E-state index contributed by atoms with van der Waals surface area (Å²) in [7, 11) is 3.07. The van der Waals surface area contributed by atoms with Crippen molar-refractivity contribution in [1.29, 1.82) is 5.26 Å². The fourth-order valence-electron chi connectivity index (χ4n) is 3.26. The number of nitrogens with zero attached hydrogens (tertiary/aromatic N) is 2. The Morgan fingerprint density at radius 2 is 1.88 bits per heavy atom. The predicted molar refractivity (Wildman–Crippen MR) is 121 cm³/mol. The number of para-hydroxylation sites is 2. The van der Waals surface area contributed by atoms with Crippen LogP contribution in [0.4, 0.5) is 5.69 Å². The van der Waals surface area contributed by atoms with Gasteiger partial charge in [0, 0.05) is 19.6 Å². The van der Waals surface area contributed by atoms with Crippen LogP contribution in [0.25, 0.3) is 6.08 Å². The molecule has 0 saturated carbocycles. The minimum atomic E-state index is -0.526. The maximum absolute atomic E-state index is 12.6.